The number of ether oxygens (including phenoxy) is 1. The van der Waals surface area contributed by atoms with Gasteiger partial charge in [-0.25, -0.2) is 4.79 Å². The van der Waals surface area contributed by atoms with E-state index in [0.29, 0.717) is 16.0 Å². The third-order valence-corrected chi connectivity index (χ3v) is 3.61. The average molecular weight is 329 g/mol. The summed E-state index contributed by atoms with van der Waals surface area (Å²) in [6.07, 6.45) is 0. The Morgan fingerprint density at radius 2 is 1.91 bits per heavy atom. The van der Waals surface area contributed by atoms with Crippen molar-refractivity contribution in [3.8, 4) is 11.1 Å². The zero-order chi connectivity index (χ0) is 16.4. The zero-order valence-corrected chi connectivity index (χ0v) is 13.1. The van der Waals surface area contributed by atoms with E-state index >= 15 is 0 Å². The second-order valence-corrected chi connectivity index (χ2v) is 5.30. The summed E-state index contributed by atoms with van der Waals surface area (Å²) in [5, 5.41) is 0.782. The van der Waals surface area contributed by atoms with Gasteiger partial charge in [-0.05, 0) is 24.6 Å². The molecule has 0 aliphatic heterocycles. The van der Waals surface area contributed by atoms with E-state index in [-0.39, 0.29) is 28.9 Å². The minimum Gasteiger partial charge on any atom is -0.460 e. The maximum Gasteiger partial charge on any atom is 0.375 e. The summed E-state index contributed by atoms with van der Waals surface area (Å²) in [4.78, 5) is 25.1. The van der Waals surface area contributed by atoms with E-state index in [1.807, 2.05) is 6.07 Å². The maximum atomic E-state index is 12.9. The van der Waals surface area contributed by atoms with Gasteiger partial charge in [0.25, 0.3) is 0 Å². The molecule has 0 N–H and O–H groups in total. The normalized spacial score (nSPS) is 10.7. The molecule has 0 saturated carbocycles. The zero-order valence-electron chi connectivity index (χ0n) is 12.3. The van der Waals surface area contributed by atoms with Gasteiger partial charge in [0, 0.05) is 11.1 Å². The molecule has 5 heteroatoms. The van der Waals surface area contributed by atoms with Gasteiger partial charge in [0.05, 0.1) is 17.6 Å². The standard InChI is InChI=1S/C18H13ClO4/c1-2-22-18(21)17-15(11-6-4-3-5-7-11)16(20)13-9-8-12(19)10-14(13)23-17/h3-10H,2H2,1H3. The Morgan fingerprint density at radius 3 is 2.61 bits per heavy atom. The van der Waals surface area contributed by atoms with Crippen LogP contribution in [-0.2, 0) is 4.74 Å². The van der Waals surface area contributed by atoms with Crippen LogP contribution in [0, 0.1) is 0 Å². The molecule has 4 nitrogen and oxygen atoms in total. The number of fused-ring (bicyclic) bond motifs is 1. The quantitative estimate of drug-likeness (QED) is 0.673. The third kappa shape index (κ3) is 2.85. The van der Waals surface area contributed by atoms with Crippen LogP contribution in [0.5, 0.6) is 0 Å². The molecule has 1 heterocycles. The molecular weight excluding hydrogens is 316 g/mol. The van der Waals surface area contributed by atoms with Crippen LogP contribution in [0.4, 0.5) is 0 Å². The van der Waals surface area contributed by atoms with Crippen molar-refractivity contribution in [3.63, 3.8) is 0 Å². The number of hydrogen-bond acceptors (Lipinski definition) is 4. The molecule has 1 aromatic heterocycles. The minimum absolute atomic E-state index is 0.113. The lowest BCUT2D eigenvalue weighted by Gasteiger charge is -2.09. The second kappa shape index (κ2) is 6.26. The fraction of sp³-hybridized carbons (Fsp3) is 0.111. The highest BCUT2D eigenvalue weighted by atomic mass is 35.5. The van der Waals surface area contributed by atoms with Crippen LogP contribution in [0.1, 0.15) is 17.5 Å². The lowest BCUT2D eigenvalue weighted by atomic mass is 10.0. The molecule has 0 saturated heterocycles. The molecular formula is C18H13ClO4. The molecule has 0 aliphatic rings. The summed E-state index contributed by atoms with van der Waals surface area (Å²) >= 11 is 5.94. The summed E-state index contributed by atoms with van der Waals surface area (Å²) < 4.78 is 10.7. The Labute approximate surface area is 137 Å². The third-order valence-electron chi connectivity index (χ3n) is 3.38. The highest BCUT2D eigenvalue weighted by Crippen LogP contribution is 2.26. The fourth-order valence-electron chi connectivity index (χ4n) is 2.37. The van der Waals surface area contributed by atoms with Gasteiger partial charge in [-0.3, -0.25) is 4.79 Å². The van der Waals surface area contributed by atoms with Crippen LogP contribution >= 0.6 is 11.6 Å². The van der Waals surface area contributed by atoms with E-state index in [0.717, 1.165) is 0 Å². The summed E-state index contributed by atoms with van der Waals surface area (Å²) in [5.41, 5.74) is 0.752. The van der Waals surface area contributed by atoms with E-state index in [1.165, 1.54) is 6.07 Å². The van der Waals surface area contributed by atoms with Gasteiger partial charge in [-0.2, -0.15) is 0 Å². The second-order valence-electron chi connectivity index (χ2n) is 4.86. The van der Waals surface area contributed by atoms with Crippen molar-refractivity contribution in [2.45, 2.75) is 6.92 Å². The molecule has 0 radical (unpaired) electrons. The first-order valence-electron chi connectivity index (χ1n) is 7.10. The highest BCUT2D eigenvalue weighted by molar-refractivity contribution is 6.31. The van der Waals surface area contributed by atoms with Gasteiger partial charge in [-0.15, -0.1) is 0 Å². The van der Waals surface area contributed by atoms with Crippen molar-refractivity contribution in [2.75, 3.05) is 6.61 Å². The summed E-state index contributed by atoms with van der Waals surface area (Å²) in [5.74, 6) is -0.789. The van der Waals surface area contributed by atoms with Crippen molar-refractivity contribution in [1.29, 1.82) is 0 Å². The van der Waals surface area contributed by atoms with Crippen LogP contribution in [0.2, 0.25) is 5.02 Å². The van der Waals surface area contributed by atoms with Gasteiger partial charge in [0.1, 0.15) is 5.58 Å². The lowest BCUT2D eigenvalue weighted by molar-refractivity contribution is 0.0492. The Bertz CT molecular complexity index is 929. The Morgan fingerprint density at radius 1 is 1.17 bits per heavy atom. The van der Waals surface area contributed by atoms with Crippen molar-refractivity contribution in [2.24, 2.45) is 0 Å². The van der Waals surface area contributed by atoms with Crippen molar-refractivity contribution in [3.05, 3.63) is 69.5 Å². The van der Waals surface area contributed by atoms with Gasteiger partial charge in [-0.1, -0.05) is 41.9 Å². The smallest absolute Gasteiger partial charge is 0.375 e. The maximum absolute atomic E-state index is 12.9. The first kappa shape index (κ1) is 15.3. The number of carbonyl (C=O) groups excluding carboxylic acids is 1. The van der Waals surface area contributed by atoms with E-state index in [1.54, 1.807) is 43.3 Å². The van der Waals surface area contributed by atoms with Gasteiger partial charge < -0.3 is 9.15 Å². The minimum atomic E-state index is -0.676. The molecule has 0 spiro atoms. The molecule has 23 heavy (non-hydrogen) atoms. The first-order chi connectivity index (χ1) is 11.1. The monoisotopic (exact) mass is 328 g/mol. The Balaban J connectivity index is 2.37. The Kier molecular flexibility index (Phi) is 4.17. The van der Waals surface area contributed by atoms with Crippen molar-refractivity contribution in [1.82, 2.24) is 0 Å². The molecule has 0 bridgehead atoms. The van der Waals surface area contributed by atoms with Gasteiger partial charge in [0.2, 0.25) is 11.2 Å². The van der Waals surface area contributed by atoms with Crippen LogP contribution in [0.15, 0.2) is 57.7 Å². The fourth-order valence-corrected chi connectivity index (χ4v) is 2.54. The number of rotatable bonds is 3. The van der Waals surface area contributed by atoms with E-state index in [2.05, 4.69) is 0 Å². The number of benzene rings is 2. The Hall–Kier alpha value is -2.59. The predicted molar refractivity (Wildman–Crippen MR) is 88.9 cm³/mol. The summed E-state index contributed by atoms with van der Waals surface area (Å²) in [7, 11) is 0. The van der Waals surface area contributed by atoms with Crippen LogP contribution in [0.25, 0.3) is 22.1 Å². The molecule has 3 rings (SSSR count). The summed E-state index contributed by atoms with van der Waals surface area (Å²) in [6.45, 7) is 1.88. The lowest BCUT2D eigenvalue weighted by Crippen LogP contribution is -2.14. The first-order valence-corrected chi connectivity index (χ1v) is 7.48. The largest absolute Gasteiger partial charge is 0.460 e. The van der Waals surface area contributed by atoms with Crippen LogP contribution in [-0.4, -0.2) is 12.6 Å². The van der Waals surface area contributed by atoms with Gasteiger partial charge >= 0.3 is 5.97 Å². The van der Waals surface area contributed by atoms with Gasteiger partial charge in [0.15, 0.2) is 0 Å². The average Bonchev–Trinajstić information content (AvgIpc) is 2.55. The molecule has 0 aliphatic carbocycles. The number of carbonyl (C=O) groups is 1. The topological polar surface area (TPSA) is 56.5 Å². The molecule has 0 unspecified atom stereocenters. The molecule has 0 fully saturated rings. The SMILES string of the molecule is CCOC(=O)c1oc2cc(Cl)ccc2c(=O)c1-c1ccccc1. The predicted octanol–water partition coefficient (Wildman–Crippen LogP) is 4.29. The molecule has 116 valence electrons. The molecule has 3 aromatic rings. The van der Waals surface area contributed by atoms with Crippen LogP contribution in [0.3, 0.4) is 0 Å². The van der Waals surface area contributed by atoms with E-state index < -0.39 is 5.97 Å². The van der Waals surface area contributed by atoms with E-state index in [9.17, 15) is 9.59 Å². The summed E-state index contributed by atoms with van der Waals surface area (Å²) in [6, 6.07) is 13.6. The molecule has 0 amide bonds. The number of halogens is 1. The number of hydrogen-bond donors (Lipinski definition) is 0. The molecule has 0 atom stereocenters. The van der Waals surface area contributed by atoms with Crippen LogP contribution < -0.4 is 5.43 Å². The highest BCUT2D eigenvalue weighted by Gasteiger charge is 2.22. The van der Waals surface area contributed by atoms with Crippen molar-refractivity contribution < 1.29 is 13.9 Å². The molecule has 2 aromatic carbocycles. The van der Waals surface area contributed by atoms with Crippen molar-refractivity contribution >= 4 is 28.5 Å². The number of esters is 1. The van der Waals surface area contributed by atoms with E-state index in [4.69, 9.17) is 20.8 Å².